The number of aryl methyl sites for hydroxylation is 2. The number of rotatable bonds is 4. The molecule has 0 radical (unpaired) electrons. The molecule has 5 aromatic rings. The lowest BCUT2D eigenvalue weighted by Crippen LogP contribution is -2.22. The zero-order chi connectivity index (χ0) is 24.5. The van der Waals surface area contributed by atoms with Gasteiger partial charge in [-0.25, -0.2) is 0 Å². The molecule has 0 unspecified atom stereocenters. The monoisotopic (exact) mass is 459 g/mol. The summed E-state index contributed by atoms with van der Waals surface area (Å²) in [5, 5.41) is 2.36. The second-order valence-electron chi connectivity index (χ2n) is 10.5. The maximum absolute atomic E-state index is 6.89. The van der Waals surface area contributed by atoms with E-state index in [4.69, 9.17) is 9.40 Å². The summed E-state index contributed by atoms with van der Waals surface area (Å²) in [6.45, 7) is 13.4. The molecule has 0 fully saturated rings. The Hall–Kier alpha value is -3.39. The smallest absolute Gasteiger partial charge is 0.145 e. The van der Waals surface area contributed by atoms with E-state index in [1.54, 1.807) is 0 Å². The number of nitrogens with zero attached hydrogens (tertiary/aromatic N) is 1. The predicted octanol–water partition coefficient (Wildman–Crippen LogP) is 9.47. The Morgan fingerprint density at radius 1 is 0.800 bits per heavy atom. The molecule has 0 aliphatic heterocycles. The lowest BCUT2D eigenvalue weighted by atomic mass is 9.74. The van der Waals surface area contributed by atoms with Crippen LogP contribution in [0.4, 0.5) is 0 Å². The average molecular weight is 460 g/mol. The lowest BCUT2D eigenvalue weighted by Gasteiger charge is -2.29. The van der Waals surface area contributed by atoms with Gasteiger partial charge in [0.05, 0.1) is 5.69 Å². The van der Waals surface area contributed by atoms with Crippen molar-refractivity contribution in [2.75, 3.05) is 0 Å². The van der Waals surface area contributed by atoms with Gasteiger partial charge in [-0.3, -0.25) is 4.98 Å². The van der Waals surface area contributed by atoms with Crippen LogP contribution in [0.1, 0.15) is 74.3 Å². The molecule has 0 saturated carbocycles. The van der Waals surface area contributed by atoms with E-state index >= 15 is 0 Å². The maximum atomic E-state index is 6.89. The van der Waals surface area contributed by atoms with E-state index in [1.165, 1.54) is 49.7 Å². The van der Waals surface area contributed by atoms with E-state index in [9.17, 15) is 0 Å². The molecule has 0 bridgehead atoms. The zero-order valence-corrected chi connectivity index (χ0v) is 21.6. The molecule has 3 aromatic carbocycles. The quantitative estimate of drug-likeness (QED) is 0.267. The van der Waals surface area contributed by atoms with Gasteiger partial charge in [0, 0.05) is 33.5 Å². The fourth-order valence-corrected chi connectivity index (χ4v) is 6.56. The van der Waals surface area contributed by atoms with Gasteiger partial charge in [-0.1, -0.05) is 76.2 Å². The normalized spacial score (nSPS) is 14.1. The minimum atomic E-state index is 0.0442. The van der Waals surface area contributed by atoms with Gasteiger partial charge in [-0.2, -0.15) is 0 Å². The summed E-state index contributed by atoms with van der Waals surface area (Å²) in [5.74, 6) is 0.447. The minimum absolute atomic E-state index is 0.0442. The first kappa shape index (κ1) is 22.1. The predicted molar refractivity (Wildman–Crippen MR) is 147 cm³/mol. The van der Waals surface area contributed by atoms with Gasteiger partial charge in [0.15, 0.2) is 0 Å². The number of benzene rings is 3. The van der Waals surface area contributed by atoms with E-state index in [0.717, 1.165) is 35.3 Å². The molecular weight excluding hydrogens is 426 g/mol. The standard InChI is InChI=1S/C33H33NO/c1-7-33(8-2)26-12-10-9-11-24(26)30-27(33)16-15-23-22-14-13-20(5)29(31(22)35-32(23)30)28-17-25(19(3)4)21(6)18-34-28/h9-19H,7-8H2,1-6H3. The van der Waals surface area contributed by atoms with Gasteiger partial charge in [-0.15, -0.1) is 0 Å². The van der Waals surface area contributed by atoms with Crippen molar-refractivity contribution < 1.29 is 4.42 Å². The molecule has 176 valence electrons. The summed E-state index contributed by atoms with van der Waals surface area (Å²) in [4.78, 5) is 4.87. The fraction of sp³-hybridized carbons (Fsp3) is 0.303. The fourth-order valence-electron chi connectivity index (χ4n) is 6.56. The molecule has 0 saturated heterocycles. The first-order valence-corrected chi connectivity index (χ1v) is 13.0. The first-order chi connectivity index (χ1) is 16.9. The Kier molecular flexibility index (Phi) is 4.93. The van der Waals surface area contributed by atoms with Crippen molar-refractivity contribution in [3.8, 4) is 22.4 Å². The largest absolute Gasteiger partial charge is 0.455 e. The van der Waals surface area contributed by atoms with E-state index in [2.05, 4.69) is 96.1 Å². The van der Waals surface area contributed by atoms with Crippen LogP contribution in [-0.4, -0.2) is 4.98 Å². The highest BCUT2D eigenvalue weighted by atomic mass is 16.3. The Morgan fingerprint density at radius 2 is 1.49 bits per heavy atom. The first-order valence-electron chi connectivity index (χ1n) is 13.0. The SMILES string of the molecule is CCC1(CC)c2ccccc2-c2c1ccc1c2oc2c(-c3cc(C(C)C)c(C)cn3)c(C)ccc21. The molecule has 0 N–H and O–H groups in total. The molecule has 2 heteroatoms. The third-order valence-corrected chi connectivity index (χ3v) is 8.48. The number of hydrogen-bond acceptors (Lipinski definition) is 2. The van der Waals surface area contributed by atoms with Crippen LogP contribution in [0.25, 0.3) is 44.3 Å². The van der Waals surface area contributed by atoms with Crippen LogP contribution in [0.3, 0.4) is 0 Å². The molecule has 35 heavy (non-hydrogen) atoms. The third-order valence-electron chi connectivity index (χ3n) is 8.48. The summed E-state index contributed by atoms with van der Waals surface area (Å²) < 4.78 is 6.89. The highest BCUT2D eigenvalue weighted by molar-refractivity contribution is 6.14. The summed E-state index contributed by atoms with van der Waals surface area (Å²) in [6, 6.07) is 20.3. The summed E-state index contributed by atoms with van der Waals surface area (Å²) in [6.07, 6.45) is 4.17. The van der Waals surface area contributed by atoms with Crippen LogP contribution in [0, 0.1) is 13.8 Å². The second kappa shape index (κ2) is 7.81. The summed E-state index contributed by atoms with van der Waals surface area (Å²) in [5.41, 5.74) is 13.3. The Morgan fingerprint density at radius 3 is 2.20 bits per heavy atom. The van der Waals surface area contributed by atoms with Crippen LogP contribution in [-0.2, 0) is 5.41 Å². The van der Waals surface area contributed by atoms with E-state index < -0.39 is 0 Å². The molecule has 6 rings (SSSR count). The number of pyridine rings is 1. The van der Waals surface area contributed by atoms with Gasteiger partial charge in [-0.05, 0) is 72.1 Å². The van der Waals surface area contributed by atoms with Gasteiger partial charge in [0.25, 0.3) is 0 Å². The Balaban J connectivity index is 1.70. The maximum Gasteiger partial charge on any atom is 0.145 e. The molecule has 2 heterocycles. The average Bonchev–Trinajstić information content (AvgIpc) is 3.37. The van der Waals surface area contributed by atoms with Crippen molar-refractivity contribution in [1.82, 2.24) is 4.98 Å². The highest BCUT2D eigenvalue weighted by Gasteiger charge is 2.42. The Labute approximate surface area is 208 Å². The number of furan rings is 1. The van der Waals surface area contributed by atoms with E-state index in [-0.39, 0.29) is 5.41 Å². The summed E-state index contributed by atoms with van der Waals surface area (Å²) >= 11 is 0. The molecule has 0 amide bonds. The van der Waals surface area contributed by atoms with Crippen LogP contribution >= 0.6 is 0 Å². The number of aromatic nitrogens is 1. The van der Waals surface area contributed by atoms with Crippen molar-refractivity contribution in [3.05, 3.63) is 88.6 Å². The number of hydrogen-bond donors (Lipinski definition) is 0. The van der Waals surface area contributed by atoms with Crippen molar-refractivity contribution in [2.24, 2.45) is 0 Å². The van der Waals surface area contributed by atoms with Crippen molar-refractivity contribution in [2.45, 2.75) is 65.7 Å². The molecule has 1 aliphatic rings. The molecule has 0 spiro atoms. The third kappa shape index (κ3) is 2.92. The topological polar surface area (TPSA) is 26.0 Å². The molecule has 2 aromatic heterocycles. The molecular formula is C33H33NO. The molecule has 0 atom stereocenters. The van der Waals surface area contributed by atoms with Gasteiger partial charge in [0.2, 0.25) is 0 Å². The zero-order valence-electron chi connectivity index (χ0n) is 21.6. The van der Waals surface area contributed by atoms with Crippen LogP contribution < -0.4 is 0 Å². The van der Waals surface area contributed by atoms with Crippen LogP contribution in [0.5, 0.6) is 0 Å². The summed E-state index contributed by atoms with van der Waals surface area (Å²) in [7, 11) is 0. The van der Waals surface area contributed by atoms with Gasteiger partial charge < -0.3 is 4.42 Å². The van der Waals surface area contributed by atoms with E-state index in [1.807, 2.05) is 6.20 Å². The molecule has 1 aliphatic carbocycles. The second-order valence-corrected chi connectivity index (χ2v) is 10.5. The lowest BCUT2D eigenvalue weighted by molar-refractivity contribution is 0.490. The Bertz CT molecular complexity index is 1610. The van der Waals surface area contributed by atoms with Gasteiger partial charge >= 0.3 is 0 Å². The van der Waals surface area contributed by atoms with E-state index in [0.29, 0.717) is 5.92 Å². The highest BCUT2D eigenvalue weighted by Crippen LogP contribution is 2.55. The van der Waals surface area contributed by atoms with Crippen molar-refractivity contribution in [1.29, 1.82) is 0 Å². The minimum Gasteiger partial charge on any atom is -0.455 e. The van der Waals surface area contributed by atoms with Crippen LogP contribution in [0.2, 0.25) is 0 Å². The molecule has 2 nitrogen and oxygen atoms in total. The van der Waals surface area contributed by atoms with Gasteiger partial charge in [0.1, 0.15) is 11.2 Å². The van der Waals surface area contributed by atoms with Crippen molar-refractivity contribution >= 4 is 21.9 Å². The number of fused-ring (bicyclic) bond motifs is 7. The van der Waals surface area contributed by atoms with Crippen molar-refractivity contribution in [3.63, 3.8) is 0 Å². The van der Waals surface area contributed by atoms with Crippen LogP contribution in [0.15, 0.2) is 65.2 Å².